The maximum absolute atomic E-state index is 12.4. The summed E-state index contributed by atoms with van der Waals surface area (Å²) in [5.41, 5.74) is 1.34. The van der Waals surface area contributed by atoms with E-state index in [1.807, 2.05) is 31.2 Å². The molecule has 1 atom stereocenters. The molecule has 0 radical (unpaired) electrons. The highest BCUT2D eigenvalue weighted by Gasteiger charge is 2.23. The van der Waals surface area contributed by atoms with Gasteiger partial charge >= 0.3 is 0 Å². The minimum absolute atomic E-state index is 0.104. The molecule has 0 saturated heterocycles. The summed E-state index contributed by atoms with van der Waals surface area (Å²) in [5, 5.41) is 16.2. The molecular formula is C18H21N5O2. The number of amides is 1. The van der Waals surface area contributed by atoms with Gasteiger partial charge in [-0.25, -0.2) is 0 Å². The van der Waals surface area contributed by atoms with Crippen LogP contribution in [-0.2, 0) is 11.2 Å². The van der Waals surface area contributed by atoms with Crippen LogP contribution in [0.5, 0.6) is 0 Å². The molecule has 7 nitrogen and oxygen atoms in total. The molecule has 0 bridgehead atoms. The van der Waals surface area contributed by atoms with Crippen LogP contribution in [0.4, 0.5) is 0 Å². The Hall–Kier alpha value is -2.70. The molecule has 1 aromatic carbocycles. The molecule has 1 fully saturated rings. The molecule has 1 amide bonds. The average molecular weight is 339 g/mol. The van der Waals surface area contributed by atoms with E-state index in [2.05, 4.69) is 25.2 Å². The SMILES string of the molecule is CC(NC(=O)Cc1noc2ccccc12)c1nncn1C1CCCC1. The predicted molar refractivity (Wildman–Crippen MR) is 91.8 cm³/mol. The Morgan fingerprint density at radius 1 is 1.36 bits per heavy atom. The molecule has 130 valence electrons. The molecule has 1 aliphatic rings. The normalized spacial score (nSPS) is 16.4. The third kappa shape index (κ3) is 3.14. The van der Waals surface area contributed by atoms with Crippen LogP contribution in [0, 0.1) is 0 Å². The van der Waals surface area contributed by atoms with Gasteiger partial charge in [-0.3, -0.25) is 4.79 Å². The number of hydrogen-bond acceptors (Lipinski definition) is 5. The number of para-hydroxylation sites is 1. The second kappa shape index (κ2) is 6.66. The van der Waals surface area contributed by atoms with E-state index in [-0.39, 0.29) is 18.4 Å². The molecule has 1 unspecified atom stereocenters. The van der Waals surface area contributed by atoms with Gasteiger partial charge in [-0.1, -0.05) is 30.1 Å². The summed E-state index contributed by atoms with van der Waals surface area (Å²) in [6, 6.07) is 7.80. The van der Waals surface area contributed by atoms with Crippen LogP contribution < -0.4 is 5.32 Å². The summed E-state index contributed by atoms with van der Waals surface area (Å²) in [4.78, 5) is 12.4. The molecule has 25 heavy (non-hydrogen) atoms. The van der Waals surface area contributed by atoms with E-state index < -0.39 is 0 Å². The van der Waals surface area contributed by atoms with E-state index in [0.717, 1.165) is 24.1 Å². The summed E-state index contributed by atoms with van der Waals surface area (Å²) in [6.07, 6.45) is 6.73. The van der Waals surface area contributed by atoms with Crippen LogP contribution >= 0.6 is 0 Å². The van der Waals surface area contributed by atoms with Gasteiger partial charge in [-0.15, -0.1) is 10.2 Å². The van der Waals surface area contributed by atoms with E-state index >= 15 is 0 Å². The van der Waals surface area contributed by atoms with Crippen LogP contribution in [0.1, 0.15) is 56.2 Å². The lowest BCUT2D eigenvalue weighted by Gasteiger charge is -2.18. The Balaban J connectivity index is 1.45. The number of nitrogens with zero attached hydrogens (tertiary/aromatic N) is 4. The molecule has 1 aliphatic carbocycles. The Morgan fingerprint density at radius 2 is 2.16 bits per heavy atom. The van der Waals surface area contributed by atoms with Crippen molar-refractivity contribution in [3.8, 4) is 0 Å². The van der Waals surface area contributed by atoms with Gasteiger partial charge in [0, 0.05) is 11.4 Å². The second-order valence-electron chi connectivity index (χ2n) is 6.63. The first kappa shape index (κ1) is 15.8. The summed E-state index contributed by atoms with van der Waals surface area (Å²) in [7, 11) is 0. The number of nitrogens with one attached hydrogen (secondary N) is 1. The van der Waals surface area contributed by atoms with Gasteiger partial charge in [0.25, 0.3) is 0 Å². The number of fused-ring (bicyclic) bond motifs is 1. The van der Waals surface area contributed by atoms with Crippen molar-refractivity contribution in [2.75, 3.05) is 0 Å². The molecule has 2 heterocycles. The Morgan fingerprint density at radius 3 is 3.00 bits per heavy atom. The summed E-state index contributed by atoms with van der Waals surface area (Å²) >= 11 is 0. The van der Waals surface area contributed by atoms with Crippen LogP contribution in [-0.4, -0.2) is 25.8 Å². The van der Waals surface area contributed by atoms with Crippen LogP contribution in [0.15, 0.2) is 35.1 Å². The van der Waals surface area contributed by atoms with Gasteiger partial charge in [0.2, 0.25) is 5.91 Å². The van der Waals surface area contributed by atoms with Crippen molar-refractivity contribution < 1.29 is 9.32 Å². The average Bonchev–Trinajstić information content (AvgIpc) is 3.35. The number of carbonyl (C=O) groups excluding carboxylic acids is 1. The highest BCUT2D eigenvalue weighted by Crippen LogP contribution is 2.31. The van der Waals surface area contributed by atoms with Crippen LogP contribution in [0.3, 0.4) is 0 Å². The Labute approximate surface area is 145 Å². The maximum Gasteiger partial charge on any atom is 0.226 e. The van der Waals surface area contributed by atoms with E-state index in [0.29, 0.717) is 17.3 Å². The van der Waals surface area contributed by atoms with Crippen molar-refractivity contribution >= 4 is 16.9 Å². The molecule has 7 heteroatoms. The van der Waals surface area contributed by atoms with Crippen molar-refractivity contribution in [1.29, 1.82) is 0 Å². The van der Waals surface area contributed by atoms with Gasteiger partial charge in [0.15, 0.2) is 11.4 Å². The lowest BCUT2D eigenvalue weighted by molar-refractivity contribution is -0.121. The first-order chi connectivity index (χ1) is 12.2. The van der Waals surface area contributed by atoms with Gasteiger partial charge in [-0.05, 0) is 31.9 Å². The van der Waals surface area contributed by atoms with E-state index in [1.54, 1.807) is 6.33 Å². The quantitative estimate of drug-likeness (QED) is 0.772. The molecule has 0 spiro atoms. The van der Waals surface area contributed by atoms with Crippen molar-refractivity contribution in [1.82, 2.24) is 25.2 Å². The lowest BCUT2D eigenvalue weighted by atomic mass is 10.1. The molecule has 1 N–H and O–H groups in total. The van der Waals surface area contributed by atoms with Crippen molar-refractivity contribution in [3.05, 3.63) is 42.1 Å². The third-order valence-corrected chi connectivity index (χ3v) is 4.86. The maximum atomic E-state index is 12.4. The summed E-state index contributed by atoms with van der Waals surface area (Å²) in [6.45, 7) is 1.94. The van der Waals surface area contributed by atoms with Crippen molar-refractivity contribution in [2.24, 2.45) is 0 Å². The van der Waals surface area contributed by atoms with Gasteiger partial charge in [-0.2, -0.15) is 0 Å². The van der Waals surface area contributed by atoms with Gasteiger partial charge in [0.05, 0.1) is 12.5 Å². The first-order valence-corrected chi connectivity index (χ1v) is 8.74. The van der Waals surface area contributed by atoms with Gasteiger partial charge < -0.3 is 14.4 Å². The number of aromatic nitrogens is 4. The number of benzene rings is 1. The molecule has 2 aromatic heterocycles. The monoisotopic (exact) mass is 339 g/mol. The smallest absolute Gasteiger partial charge is 0.226 e. The molecule has 3 aromatic rings. The zero-order valence-corrected chi connectivity index (χ0v) is 14.2. The highest BCUT2D eigenvalue weighted by molar-refractivity contribution is 5.86. The first-order valence-electron chi connectivity index (χ1n) is 8.74. The number of hydrogen-bond donors (Lipinski definition) is 1. The fraction of sp³-hybridized carbons (Fsp3) is 0.444. The Kier molecular flexibility index (Phi) is 4.21. The zero-order valence-electron chi connectivity index (χ0n) is 14.2. The number of rotatable bonds is 5. The largest absolute Gasteiger partial charge is 0.356 e. The summed E-state index contributed by atoms with van der Waals surface area (Å²) in [5.74, 6) is 0.706. The van der Waals surface area contributed by atoms with Crippen molar-refractivity contribution in [3.63, 3.8) is 0 Å². The summed E-state index contributed by atoms with van der Waals surface area (Å²) < 4.78 is 7.37. The molecule has 1 saturated carbocycles. The predicted octanol–water partition coefficient (Wildman–Crippen LogP) is 2.95. The molecular weight excluding hydrogens is 318 g/mol. The minimum Gasteiger partial charge on any atom is -0.356 e. The standard InChI is InChI=1S/C18H21N5O2/c1-12(18-21-19-11-23(18)13-6-2-3-7-13)20-17(24)10-15-14-8-4-5-9-16(14)25-22-15/h4-5,8-9,11-13H,2-3,6-7,10H2,1H3,(H,20,24). The van der Waals surface area contributed by atoms with Crippen LogP contribution in [0.25, 0.3) is 11.0 Å². The molecule has 4 rings (SSSR count). The highest BCUT2D eigenvalue weighted by atomic mass is 16.5. The van der Waals surface area contributed by atoms with E-state index in [9.17, 15) is 4.79 Å². The molecule has 0 aliphatic heterocycles. The zero-order chi connectivity index (χ0) is 17.2. The fourth-order valence-electron chi connectivity index (χ4n) is 3.60. The lowest BCUT2D eigenvalue weighted by Crippen LogP contribution is -2.30. The topological polar surface area (TPSA) is 85.8 Å². The van der Waals surface area contributed by atoms with Gasteiger partial charge in [0.1, 0.15) is 12.0 Å². The minimum atomic E-state index is -0.200. The number of carbonyl (C=O) groups is 1. The third-order valence-electron chi connectivity index (χ3n) is 4.86. The Bertz CT molecular complexity index is 878. The van der Waals surface area contributed by atoms with E-state index in [1.165, 1.54) is 12.8 Å². The van der Waals surface area contributed by atoms with E-state index in [4.69, 9.17) is 4.52 Å². The fourth-order valence-corrected chi connectivity index (χ4v) is 3.60. The van der Waals surface area contributed by atoms with Crippen LogP contribution in [0.2, 0.25) is 0 Å². The second-order valence-corrected chi connectivity index (χ2v) is 6.63. The van der Waals surface area contributed by atoms with Crippen molar-refractivity contribution in [2.45, 2.75) is 51.1 Å².